The second-order valence-electron chi connectivity index (χ2n) is 7.56. The molecule has 0 unspecified atom stereocenters. The van der Waals surface area contributed by atoms with Gasteiger partial charge in [0.25, 0.3) is 0 Å². The van der Waals surface area contributed by atoms with E-state index in [1.54, 1.807) is 6.07 Å². The first-order valence-corrected chi connectivity index (χ1v) is 9.73. The lowest BCUT2D eigenvalue weighted by Crippen LogP contribution is -2.52. The van der Waals surface area contributed by atoms with Crippen molar-refractivity contribution in [1.29, 1.82) is 0 Å². The second kappa shape index (κ2) is 7.37. The van der Waals surface area contributed by atoms with Crippen molar-refractivity contribution in [2.45, 2.75) is 33.1 Å². The predicted molar refractivity (Wildman–Crippen MR) is 106 cm³/mol. The van der Waals surface area contributed by atoms with E-state index in [0.717, 1.165) is 55.5 Å². The van der Waals surface area contributed by atoms with Gasteiger partial charge in [0.05, 0.1) is 11.4 Å². The summed E-state index contributed by atoms with van der Waals surface area (Å²) in [6.07, 6.45) is -3.26. The Kier molecular flexibility index (Phi) is 5.02. The zero-order valence-corrected chi connectivity index (χ0v) is 16.8. The van der Waals surface area contributed by atoms with Gasteiger partial charge in [0.15, 0.2) is 0 Å². The fourth-order valence-corrected chi connectivity index (χ4v) is 3.91. The minimum atomic E-state index is -4.74. The highest BCUT2D eigenvalue weighted by Crippen LogP contribution is 2.42. The standard InChI is InChI=1S/C20H24F3N5O/c1-4-14-11-13(2)25-28-18(14)16-12-15(29-20(21,22)23)5-6-17(16)24-19(28)27-9-7-26(3)8-10-27/h5-6,12H,4,7-11H2,1-3H3. The fraction of sp³-hybridized carbons (Fsp3) is 0.500. The lowest BCUT2D eigenvalue weighted by molar-refractivity contribution is -0.274. The molecule has 1 aromatic carbocycles. The summed E-state index contributed by atoms with van der Waals surface area (Å²) < 4.78 is 42.3. The Balaban J connectivity index is 1.81. The Morgan fingerprint density at radius 1 is 1.14 bits per heavy atom. The van der Waals surface area contributed by atoms with Crippen LogP contribution in [0.4, 0.5) is 18.9 Å². The van der Waals surface area contributed by atoms with Crippen LogP contribution in [0, 0.1) is 0 Å². The van der Waals surface area contributed by atoms with Crippen molar-refractivity contribution < 1.29 is 17.9 Å². The number of alkyl halides is 3. The van der Waals surface area contributed by atoms with Gasteiger partial charge in [-0.3, -0.25) is 0 Å². The van der Waals surface area contributed by atoms with E-state index in [-0.39, 0.29) is 5.75 Å². The molecule has 156 valence electrons. The summed E-state index contributed by atoms with van der Waals surface area (Å²) in [5.41, 5.74) is 4.17. The number of nitrogens with zero attached hydrogens (tertiary/aromatic N) is 5. The summed E-state index contributed by atoms with van der Waals surface area (Å²) in [5.74, 6) is 0.485. The molecule has 1 fully saturated rings. The van der Waals surface area contributed by atoms with E-state index in [2.05, 4.69) is 28.5 Å². The average molecular weight is 407 g/mol. The summed E-state index contributed by atoms with van der Waals surface area (Å²) in [6.45, 7) is 7.49. The average Bonchev–Trinajstić information content (AvgIpc) is 2.66. The van der Waals surface area contributed by atoms with Crippen LogP contribution in [0.15, 0.2) is 33.9 Å². The minimum absolute atomic E-state index is 0.247. The maximum absolute atomic E-state index is 12.7. The van der Waals surface area contributed by atoms with Crippen LogP contribution in [0.3, 0.4) is 0 Å². The van der Waals surface area contributed by atoms with E-state index >= 15 is 0 Å². The molecule has 0 amide bonds. The van der Waals surface area contributed by atoms with Crippen molar-refractivity contribution in [1.82, 2.24) is 14.8 Å². The van der Waals surface area contributed by atoms with E-state index in [1.807, 2.05) is 11.9 Å². The highest BCUT2D eigenvalue weighted by Gasteiger charge is 2.36. The van der Waals surface area contributed by atoms with Gasteiger partial charge < -0.3 is 14.5 Å². The summed E-state index contributed by atoms with van der Waals surface area (Å²) in [7, 11) is 2.08. The molecule has 0 N–H and O–H groups in total. The number of allylic oxidation sites excluding steroid dienone is 1. The number of halogens is 3. The SMILES string of the molecule is CCC1=C2c3cc(OC(F)(F)F)ccc3N=C(N3CCN(C)CC3)N2N=C(C)C1. The quantitative estimate of drug-likeness (QED) is 0.742. The maximum Gasteiger partial charge on any atom is 0.573 e. The van der Waals surface area contributed by atoms with Crippen LogP contribution in [0.5, 0.6) is 5.75 Å². The van der Waals surface area contributed by atoms with Gasteiger partial charge in [-0.25, -0.2) is 4.99 Å². The molecule has 29 heavy (non-hydrogen) atoms. The lowest BCUT2D eigenvalue weighted by atomic mass is 9.96. The van der Waals surface area contributed by atoms with Crippen LogP contribution < -0.4 is 4.74 Å². The number of likely N-dealkylation sites (N-methyl/N-ethyl adjacent to an activating group) is 1. The molecule has 0 radical (unpaired) electrons. The number of fused-ring (bicyclic) bond motifs is 3. The van der Waals surface area contributed by atoms with E-state index < -0.39 is 6.36 Å². The molecule has 3 heterocycles. The summed E-state index contributed by atoms with van der Waals surface area (Å²) in [4.78, 5) is 9.24. The van der Waals surface area contributed by atoms with E-state index in [0.29, 0.717) is 17.7 Å². The van der Waals surface area contributed by atoms with Gasteiger partial charge in [-0.05, 0) is 44.2 Å². The van der Waals surface area contributed by atoms with Crippen molar-refractivity contribution in [3.63, 3.8) is 0 Å². The number of piperazine rings is 1. The van der Waals surface area contributed by atoms with Crippen molar-refractivity contribution in [3.05, 3.63) is 29.3 Å². The van der Waals surface area contributed by atoms with Crippen molar-refractivity contribution >= 4 is 23.1 Å². The summed E-state index contributed by atoms with van der Waals surface area (Å²) >= 11 is 0. The third-order valence-corrected chi connectivity index (χ3v) is 5.37. The summed E-state index contributed by atoms with van der Waals surface area (Å²) in [6, 6.07) is 4.33. The second-order valence-corrected chi connectivity index (χ2v) is 7.56. The maximum atomic E-state index is 12.7. The Bertz CT molecular complexity index is 898. The highest BCUT2D eigenvalue weighted by molar-refractivity contribution is 6.02. The van der Waals surface area contributed by atoms with E-state index in [4.69, 9.17) is 10.1 Å². The first kappa shape index (κ1) is 19.8. The zero-order chi connectivity index (χ0) is 20.8. The van der Waals surface area contributed by atoms with E-state index in [1.165, 1.54) is 12.1 Å². The number of benzene rings is 1. The molecule has 4 rings (SSSR count). The van der Waals surface area contributed by atoms with Gasteiger partial charge >= 0.3 is 6.36 Å². The molecule has 9 heteroatoms. The molecular formula is C20H24F3N5O. The van der Waals surface area contributed by atoms with Gasteiger partial charge in [0.2, 0.25) is 5.96 Å². The first-order chi connectivity index (χ1) is 13.7. The van der Waals surface area contributed by atoms with Gasteiger partial charge in [0.1, 0.15) is 5.75 Å². The van der Waals surface area contributed by atoms with Gasteiger partial charge in [0, 0.05) is 43.9 Å². The Hall–Kier alpha value is -2.55. The molecule has 3 aliphatic rings. The minimum Gasteiger partial charge on any atom is -0.406 e. The molecule has 1 saturated heterocycles. The van der Waals surface area contributed by atoms with Crippen LogP contribution in [0.25, 0.3) is 5.70 Å². The van der Waals surface area contributed by atoms with Crippen molar-refractivity contribution in [2.75, 3.05) is 33.2 Å². The number of hydrogen-bond donors (Lipinski definition) is 0. The molecule has 0 spiro atoms. The number of rotatable bonds is 2. The highest BCUT2D eigenvalue weighted by atomic mass is 19.4. The monoisotopic (exact) mass is 407 g/mol. The Labute approximate surface area is 167 Å². The third kappa shape index (κ3) is 3.96. The zero-order valence-electron chi connectivity index (χ0n) is 16.8. The first-order valence-electron chi connectivity index (χ1n) is 9.73. The number of hydrogen-bond acceptors (Lipinski definition) is 6. The lowest BCUT2D eigenvalue weighted by Gasteiger charge is -2.41. The number of guanidine groups is 1. The van der Waals surface area contributed by atoms with Gasteiger partial charge in [-0.15, -0.1) is 13.2 Å². The number of ether oxygens (including phenoxy) is 1. The largest absolute Gasteiger partial charge is 0.573 e. The Morgan fingerprint density at radius 2 is 1.86 bits per heavy atom. The molecule has 1 aromatic rings. The smallest absolute Gasteiger partial charge is 0.406 e. The summed E-state index contributed by atoms with van der Waals surface area (Å²) in [5, 5.41) is 6.53. The number of aliphatic imine (C=N–C) groups is 1. The van der Waals surface area contributed by atoms with Gasteiger partial charge in [-0.2, -0.15) is 10.1 Å². The van der Waals surface area contributed by atoms with Crippen molar-refractivity contribution in [3.8, 4) is 5.75 Å². The third-order valence-electron chi connectivity index (χ3n) is 5.37. The molecule has 6 nitrogen and oxygen atoms in total. The predicted octanol–water partition coefficient (Wildman–Crippen LogP) is 4.04. The molecule has 0 aliphatic carbocycles. The van der Waals surface area contributed by atoms with Crippen LogP contribution in [-0.2, 0) is 0 Å². The Morgan fingerprint density at radius 3 is 2.52 bits per heavy atom. The fourth-order valence-electron chi connectivity index (χ4n) is 3.91. The van der Waals surface area contributed by atoms with Crippen LogP contribution in [0.1, 0.15) is 32.3 Å². The van der Waals surface area contributed by atoms with Crippen LogP contribution in [-0.4, -0.2) is 66.1 Å². The van der Waals surface area contributed by atoms with Crippen LogP contribution >= 0.6 is 0 Å². The molecule has 3 aliphatic heterocycles. The van der Waals surface area contributed by atoms with Crippen molar-refractivity contribution in [2.24, 2.45) is 10.1 Å². The van der Waals surface area contributed by atoms with Crippen LogP contribution in [0.2, 0.25) is 0 Å². The molecule has 0 aromatic heterocycles. The topological polar surface area (TPSA) is 43.7 Å². The van der Waals surface area contributed by atoms with E-state index in [9.17, 15) is 13.2 Å². The molecule has 0 bridgehead atoms. The van der Waals surface area contributed by atoms with Gasteiger partial charge in [-0.1, -0.05) is 6.92 Å². The molecule has 0 saturated carbocycles. The molecule has 0 atom stereocenters. The normalized spacial score (nSPS) is 20.2. The number of hydrazone groups is 1. The molecular weight excluding hydrogens is 383 g/mol.